The summed E-state index contributed by atoms with van der Waals surface area (Å²) in [5.74, 6) is 0.592. The second-order valence-corrected chi connectivity index (χ2v) is 6.84. The molecule has 0 aliphatic heterocycles. The molecule has 27 heavy (non-hydrogen) atoms. The molecule has 1 N–H and O–H groups in total. The molecule has 0 saturated carbocycles. The fourth-order valence-corrected chi connectivity index (χ4v) is 3.47. The molecule has 134 valence electrons. The molecule has 1 aromatic heterocycles. The van der Waals surface area contributed by atoms with Crippen LogP contribution in [0.4, 0.5) is 0 Å². The zero-order chi connectivity index (χ0) is 18.8. The number of hydrogen-bond donors (Lipinski definition) is 1. The zero-order valence-electron chi connectivity index (χ0n) is 14.8. The number of halogens is 1. The quantitative estimate of drug-likeness (QED) is 0.431. The number of carbonyl (C=O) groups excluding carboxylic acids is 1. The lowest BCUT2D eigenvalue weighted by molar-refractivity contribution is 0.0923. The second kappa shape index (κ2) is 7.29. The molecule has 0 spiro atoms. The van der Waals surface area contributed by atoms with Crippen molar-refractivity contribution in [3.8, 4) is 17.0 Å². The van der Waals surface area contributed by atoms with Gasteiger partial charge in [-0.1, -0.05) is 60.1 Å². The van der Waals surface area contributed by atoms with E-state index in [4.69, 9.17) is 16.3 Å². The number of aryl methyl sites for hydroxylation is 1. The number of rotatable bonds is 5. The highest BCUT2D eigenvalue weighted by Gasteiger charge is 2.20. The first-order valence-corrected chi connectivity index (χ1v) is 9.09. The summed E-state index contributed by atoms with van der Waals surface area (Å²) in [6.07, 6.45) is 0. The summed E-state index contributed by atoms with van der Waals surface area (Å²) < 4.78 is 5.80. The largest absolute Gasteiger partial charge is 0.485 e. The van der Waals surface area contributed by atoms with Gasteiger partial charge in [0.05, 0.1) is 11.3 Å². The van der Waals surface area contributed by atoms with Crippen LogP contribution in [0.15, 0.2) is 72.8 Å². The molecule has 0 amide bonds. The molecular formula is C23H18ClNO2. The number of benzene rings is 3. The lowest BCUT2D eigenvalue weighted by atomic mass is 10.0. The molecule has 3 aromatic carbocycles. The van der Waals surface area contributed by atoms with Gasteiger partial charge < -0.3 is 9.72 Å². The summed E-state index contributed by atoms with van der Waals surface area (Å²) in [6.45, 7) is 1.87. The summed E-state index contributed by atoms with van der Waals surface area (Å²) in [7, 11) is 0. The van der Waals surface area contributed by atoms with Crippen LogP contribution in [0.1, 0.15) is 15.9 Å². The van der Waals surface area contributed by atoms with Gasteiger partial charge >= 0.3 is 0 Å². The van der Waals surface area contributed by atoms with E-state index in [-0.39, 0.29) is 12.4 Å². The molecule has 4 rings (SSSR count). The summed E-state index contributed by atoms with van der Waals surface area (Å²) in [6, 6.07) is 23.1. The number of ketones is 1. The van der Waals surface area contributed by atoms with Crippen LogP contribution >= 0.6 is 11.6 Å². The van der Waals surface area contributed by atoms with E-state index in [1.165, 1.54) is 0 Å². The molecule has 0 radical (unpaired) electrons. The predicted octanol–water partition coefficient (Wildman–Crippen LogP) is 6.06. The normalized spacial score (nSPS) is 10.9. The lowest BCUT2D eigenvalue weighted by Crippen LogP contribution is -2.12. The molecule has 4 heteroatoms. The molecule has 3 nitrogen and oxygen atoms in total. The van der Waals surface area contributed by atoms with Crippen molar-refractivity contribution in [2.45, 2.75) is 6.92 Å². The van der Waals surface area contributed by atoms with Crippen molar-refractivity contribution in [3.63, 3.8) is 0 Å². The first-order chi connectivity index (χ1) is 13.1. The Balaban J connectivity index is 1.70. The minimum absolute atomic E-state index is 0.0375. The third-order valence-electron chi connectivity index (χ3n) is 4.54. The fourth-order valence-electron chi connectivity index (χ4n) is 3.24. The van der Waals surface area contributed by atoms with E-state index in [0.29, 0.717) is 16.3 Å². The van der Waals surface area contributed by atoms with E-state index in [1.807, 2.05) is 67.6 Å². The molecule has 0 aliphatic rings. The average Bonchev–Trinajstić information content (AvgIpc) is 3.07. The average molecular weight is 376 g/mol. The Labute approximate surface area is 162 Å². The number of hydrogen-bond acceptors (Lipinski definition) is 2. The van der Waals surface area contributed by atoms with Gasteiger partial charge in [0.2, 0.25) is 5.78 Å². The van der Waals surface area contributed by atoms with Crippen LogP contribution in [-0.4, -0.2) is 17.4 Å². The van der Waals surface area contributed by atoms with Gasteiger partial charge in [-0.25, -0.2) is 0 Å². The van der Waals surface area contributed by atoms with E-state index in [1.54, 1.807) is 12.1 Å². The highest BCUT2D eigenvalue weighted by molar-refractivity contribution is 6.30. The van der Waals surface area contributed by atoms with Gasteiger partial charge in [0.1, 0.15) is 5.75 Å². The number of fused-ring (bicyclic) bond motifs is 1. The van der Waals surface area contributed by atoms with Gasteiger partial charge in [0, 0.05) is 15.9 Å². The maximum atomic E-state index is 13.1. The number of H-pyrrole nitrogens is 1. The Morgan fingerprint density at radius 1 is 1.00 bits per heavy atom. The van der Waals surface area contributed by atoms with Crippen molar-refractivity contribution in [1.82, 2.24) is 4.98 Å². The van der Waals surface area contributed by atoms with Gasteiger partial charge in [-0.05, 0) is 42.3 Å². The number of Topliss-reactive ketones (excluding diaryl/α,β-unsaturated/α-hetero) is 1. The maximum absolute atomic E-state index is 13.1. The molecule has 0 unspecified atom stereocenters. The molecule has 1 heterocycles. The third kappa shape index (κ3) is 3.46. The monoisotopic (exact) mass is 375 g/mol. The number of para-hydroxylation sites is 1. The molecular weight excluding hydrogens is 358 g/mol. The number of aromatic amines is 1. The first-order valence-electron chi connectivity index (χ1n) is 8.72. The van der Waals surface area contributed by atoms with E-state index in [9.17, 15) is 4.79 Å². The van der Waals surface area contributed by atoms with Crippen LogP contribution in [0.25, 0.3) is 22.2 Å². The van der Waals surface area contributed by atoms with Crippen LogP contribution in [0.3, 0.4) is 0 Å². The molecule has 0 fully saturated rings. The summed E-state index contributed by atoms with van der Waals surface area (Å²) in [5.41, 5.74) is 4.28. The molecule has 0 saturated heterocycles. The number of carbonyl (C=O) groups is 1. The molecule has 0 aliphatic carbocycles. The van der Waals surface area contributed by atoms with Crippen LogP contribution in [0, 0.1) is 6.92 Å². The van der Waals surface area contributed by atoms with Crippen LogP contribution < -0.4 is 4.74 Å². The molecule has 0 atom stereocenters. The highest BCUT2D eigenvalue weighted by atomic mass is 35.5. The minimum atomic E-state index is -0.0688. The third-order valence-corrected chi connectivity index (χ3v) is 4.78. The van der Waals surface area contributed by atoms with E-state index in [2.05, 4.69) is 4.98 Å². The minimum Gasteiger partial charge on any atom is -0.485 e. The molecule has 0 bridgehead atoms. The zero-order valence-corrected chi connectivity index (χ0v) is 15.6. The SMILES string of the molecule is Cc1cc(Cl)ccc1OCC(=O)c1c(-c2ccccc2)[nH]c2ccccc12. The van der Waals surface area contributed by atoms with Crippen LogP contribution in [0.5, 0.6) is 5.75 Å². The Bertz CT molecular complexity index is 1120. The number of ether oxygens (including phenoxy) is 1. The summed E-state index contributed by atoms with van der Waals surface area (Å²) >= 11 is 5.99. The number of aromatic nitrogens is 1. The van der Waals surface area contributed by atoms with Crippen LogP contribution in [0.2, 0.25) is 5.02 Å². The lowest BCUT2D eigenvalue weighted by Gasteiger charge is -2.10. The van der Waals surface area contributed by atoms with Gasteiger partial charge in [-0.3, -0.25) is 4.79 Å². The Morgan fingerprint density at radius 3 is 2.52 bits per heavy atom. The van der Waals surface area contributed by atoms with Crippen molar-refractivity contribution < 1.29 is 9.53 Å². The van der Waals surface area contributed by atoms with Crippen molar-refractivity contribution in [2.75, 3.05) is 6.61 Å². The summed E-state index contributed by atoms with van der Waals surface area (Å²) in [4.78, 5) is 16.5. The van der Waals surface area contributed by atoms with E-state index >= 15 is 0 Å². The van der Waals surface area contributed by atoms with Crippen molar-refractivity contribution in [1.29, 1.82) is 0 Å². The topological polar surface area (TPSA) is 42.1 Å². The second-order valence-electron chi connectivity index (χ2n) is 6.41. The van der Waals surface area contributed by atoms with Gasteiger partial charge in [-0.15, -0.1) is 0 Å². The van der Waals surface area contributed by atoms with E-state index < -0.39 is 0 Å². The standard InChI is InChI=1S/C23H18ClNO2/c1-15-13-17(24)11-12-21(15)27-14-20(26)22-18-9-5-6-10-19(18)25-23(22)16-7-3-2-4-8-16/h2-13,25H,14H2,1H3. The van der Waals surface area contributed by atoms with Crippen LogP contribution in [-0.2, 0) is 0 Å². The Morgan fingerprint density at radius 2 is 1.74 bits per heavy atom. The van der Waals surface area contributed by atoms with Gasteiger partial charge in [-0.2, -0.15) is 0 Å². The summed E-state index contributed by atoms with van der Waals surface area (Å²) in [5, 5.41) is 1.55. The smallest absolute Gasteiger partial charge is 0.202 e. The highest BCUT2D eigenvalue weighted by Crippen LogP contribution is 2.31. The fraction of sp³-hybridized carbons (Fsp3) is 0.0870. The van der Waals surface area contributed by atoms with Crippen molar-refractivity contribution in [2.24, 2.45) is 0 Å². The van der Waals surface area contributed by atoms with Crippen molar-refractivity contribution in [3.05, 3.63) is 88.9 Å². The maximum Gasteiger partial charge on any atom is 0.202 e. The van der Waals surface area contributed by atoms with Crippen molar-refractivity contribution >= 4 is 28.3 Å². The Kier molecular flexibility index (Phi) is 4.69. The van der Waals surface area contributed by atoms with E-state index in [0.717, 1.165) is 27.7 Å². The molecule has 4 aromatic rings. The Hall–Kier alpha value is -3.04. The number of nitrogens with one attached hydrogen (secondary N) is 1. The van der Waals surface area contributed by atoms with Gasteiger partial charge in [0.25, 0.3) is 0 Å². The predicted molar refractivity (Wildman–Crippen MR) is 110 cm³/mol. The first kappa shape index (κ1) is 17.4. The van der Waals surface area contributed by atoms with Gasteiger partial charge in [0.15, 0.2) is 6.61 Å².